The van der Waals surface area contributed by atoms with Crippen molar-refractivity contribution >= 4 is 17.4 Å². The summed E-state index contributed by atoms with van der Waals surface area (Å²) in [6.07, 6.45) is 1.71. The number of hydrogen-bond acceptors (Lipinski definition) is 5. The molecule has 0 radical (unpaired) electrons. The number of methoxy groups -OCH3 is 1. The Morgan fingerprint density at radius 3 is 2.64 bits per heavy atom. The summed E-state index contributed by atoms with van der Waals surface area (Å²) < 4.78 is 11.1. The van der Waals surface area contributed by atoms with E-state index in [1.807, 2.05) is 43.0 Å². The number of anilines is 2. The first kappa shape index (κ1) is 17.2. The third-order valence-corrected chi connectivity index (χ3v) is 4.10. The number of carbonyl (C=O) groups excluding carboxylic acids is 1. The lowest BCUT2D eigenvalue weighted by atomic mass is 10.1. The number of hydrogen-bond donors (Lipinski definition) is 1. The number of aromatic nitrogens is 1. The fraction of sp³-hybridized carbons (Fsp3) is 0.368. The Morgan fingerprint density at radius 1 is 1.20 bits per heavy atom. The Bertz CT molecular complexity index is 740. The highest BCUT2D eigenvalue weighted by Gasteiger charge is 2.28. The van der Waals surface area contributed by atoms with Crippen molar-refractivity contribution in [3.05, 3.63) is 48.2 Å². The van der Waals surface area contributed by atoms with E-state index in [1.54, 1.807) is 25.4 Å². The van der Waals surface area contributed by atoms with Crippen LogP contribution in [0.15, 0.2) is 42.6 Å². The Labute approximate surface area is 147 Å². The monoisotopic (exact) mass is 341 g/mol. The van der Waals surface area contributed by atoms with Gasteiger partial charge in [0.15, 0.2) is 0 Å². The number of amides is 1. The minimum atomic E-state index is -0.0486. The molecular formula is C19H23N3O3. The number of rotatable bonds is 4. The maximum atomic E-state index is 13.0. The number of ether oxygens (including phenoxy) is 2. The summed E-state index contributed by atoms with van der Waals surface area (Å²) >= 11 is 0. The van der Waals surface area contributed by atoms with Crippen molar-refractivity contribution in [3.63, 3.8) is 0 Å². The van der Waals surface area contributed by atoms with Crippen LogP contribution in [0.5, 0.6) is 5.75 Å². The summed E-state index contributed by atoms with van der Waals surface area (Å²) in [6, 6.07) is 11.1. The first-order valence-electron chi connectivity index (χ1n) is 8.38. The van der Waals surface area contributed by atoms with Crippen LogP contribution in [0, 0.1) is 0 Å². The highest BCUT2D eigenvalue weighted by Crippen LogP contribution is 2.28. The van der Waals surface area contributed by atoms with E-state index in [-0.39, 0.29) is 18.1 Å². The van der Waals surface area contributed by atoms with Crippen LogP contribution in [0.4, 0.5) is 11.5 Å². The van der Waals surface area contributed by atoms with Crippen molar-refractivity contribution in [2.45, 2.75) is 26.1 Å². The Balaban J connectivity index is 1.87. The third kappa shape index (κ3) is 3.91. The molecule has 2 heterocycles. The highest BCUT2D eigenvalue weighted by molar-refractivity contribution is 5.99. The van der Waals surface area contributed by atoms with Crippen LogP contribution in [0.25, 0.3) is 0 Å². The first-order valence-corrected chi connectivity index (χ1v) is 8.38. The quantitative estimate of drug-likeness (QED) is 0.926. The average Bonchev–Trinajstić information content (AvgIpc) is 2.61. The largest absolute Gasteiger partial charge is 0.495 e. The standard InChI is InChI=1S/C19H23N3O3/c1-13-11-22(12-14(2)25-13)19(23)15-7-6-10-20-18(15)21-16-8-4-5-9-17(16)24-3/h4-10,13-14H,11-12H2,1-3H3,(H,20,21)/t13-,14+. The van der Waals surface area contributed by atoms with Gasteiger partial charge in [-0.25, -0.2) is 4.98 Å². The molecule has 1 aromatic heterocycles. The molecule has 1 aromatic carbocycles. The molecule has 0 unspecified atom stereocenters. The number of nitrogens with zero attached hydrogens (tertiary/aromatic N) is 2. The molecule has 132 valence electrons. The SMILES string of the molecule is COc1ccccc1Nc1ncccc1C(=O)N1C[C@@H](C)O[C@@H](C)C1. The molecule has 2 aromatic rings. The predicted molar refractivity (Wildman–Crippen MR) is 96.4 cm³/mol. The molecule has 1 aliphatic rings. The zero-order valence-corrected chi connectivity index (χ0v) is 14.7. The van der Waals surface area contributed by atoms with Crippen LogP contribution >= 0.6 is 0 Å². The van der Waals surface area contributed by atoms with Crippen molar-refractivity contribution < 1.29 is 14.3 Å². The molecule has 3 rings (SSSR count). The van der Waals surface area contributed by atoms with Gasteiger partial charge in [-0.2, -0.15) is 0 Å². The fourth-order valence-electron chi connectivity index (χ4n) is 3.07. The van der Waals surface area contributed by atoms with Gasteiger partial charge in [-0.3, -0.25) is 4.79 Å². The maximum absolute atomic E-state index is 13.0. The van der Waals surface area contributed by atoms with Crippen LogP contribution in [0.3, 0.4) is 0 Å². The Hall–Kier alpha value is -2.60. The lowest BCUT2D eigenvalue weighted by Gasteiger charge is -2.35. The van der Waals surface area contributed by atoms with Crippen LogP contribution in [0.1, 0.15) is 24.2 Å². The summed E-state index contributed by atoms with van der Waals surface area (Å²) in [5, 5.41) is 3.22. The third-order valence-electron chi connectivity index (χ3n) is 4.10. The van der Waals surface area contributed by atoms with Gasteiger partial charge in [0.2, 0.25) is 0 Å². The molecule has 1 aliphatic heterocycles. The van der Waals surface area contributed by atoms with E-state index in [1.165, 1.54) is 0 Å². The number of nitrogens with one attached hydrogen (secondary N) is 1. The van der Waals surface area contributed by atoms with Gasteiger partial charge in [0, 0.05) is 19.3 Å². The van der Waals surface area contributed by atoms with Crippen LogP contribution in [-0.4, -0.2) is 48.2 Å². The smallest absolute Gasteiger partial charge is 0.257 e. The molecule has 0 aliphatic carbocycles. The second kappa shape index (κ2) is 7.53. The predicted octanol–water partition coefficient (Wildman–Crippen LogP) is 3.08. The van der Waals surface area contributed by atoms with E-state index < -0.39 is 0 Å². The molecule has 6 nitrogen and oxygen atoms in total. The molecule has 0 spiro atoms. The van der Waals surface area contributed by atoms with E-state index >= 15 is 0 Å². The van der Waals surface area contributed by atoms with Crippen molar-refractivity contribution in [1.82, 2.24) is 9.88 Å². The molecule has 0 saturated carbocycles. The van der Waals surface area contributed by atoms with Gasteiger partial charge < -0.3 is 19.7 Å². The molecule has 0 bridgehead atoms. The number of para-hydroxylation sites is 2. The molecule has 1 fully saturated rings. The molecule has 1 amide bonds. The van der Waals surface area contributed by atoms with Crippen LogP contribution in [-0.2, 0) is 4.74 Å². The van der Waals surface area contributed by atoms with Crippen molar-refractivity contribution in [2.75, 3.05) is 25.5 Å². The van der Waals surface area contributed by atoms with E-state index in [0.29, 0.717) is 30.2 Å². The first-order chi connectivity index (χ1) is 12.1. The number of benzene rings is 1. The van der Waals surface area contributed by atoms with Gasteiger partial charge in [0.05, 0.1) is 30.6 Å². The Morgan fingerprint density at radius 2 is 1.92 bits per heavy atom. The minimum absolute atomic E-state index is 0.0231. The number of morpholine rings is 1. The molecule has 1 N–H and O–H groups in total. The lowest BCUT2D eigenvalue weighted by molar-refractivity contribution is -0.0586. The number of pyridine rings is 1. The molecule has 6 heteroatoms. The van der Waals surface area contributed by atoms with Crippen LogP contribution in [0.2, 0.25) is 0 Å². The van der Waals surface area contributed by atoms with E-state index in [9.17, 15) is 4.79 Å². The summed E-state index contributed by atoms with van der Waals surface area (Å²) in [4.78, 5) is 19.2. The molecule has 1 saturated heterocycles. The van der Waals surface area contributed by atoms with Gasteiger partial charge in [-0.15, -0.1) is 0 Å². The summed E-state index contributed by atoms with van der Waals surface area (Å²) in [5.74, 6) is 1.16. The Kier molecular flexibility index (Phi) is 5.19. The molecule has 25 heavy (non-hydrogen) atoms. The van der Waals surface area contributed by atoms with Gasteiger partial charge in [-0.1, -0.05) is 12.1 Å². The summed E-state index contributed by atoms with van der Waals surface area (Å²) in [6.45, 7) is 5.11. The minimum Gasteiger partial charge on any atom is -0.495 e. The molecular weight excluding hydrogens is 318 g/mol. The average molecular weight is 341 g/mol. The van der Waals surface area contributed by atoms with E-state index in [2.05, 4.69) is 10.3 Å². The zero-order valence-electron chi connectivity index (χ0n) is 14.7. The topological polar surface area (TPSA) is 63.7 Å². The molecule has 2 atom stereocenters. The summed E-state index contributed by atoms with van der Waals surface area (Å²) in [5.41, 5.74) is 1.30. The summed E-state index contributed by atoms with van der Waals surface area (Å²) in [7, 11) is 1.61. The lowest BCUT2D eigenvalue weighted by Crippen LogP contribution is -2.48. The van der Waals surface area contributed by atoms with Crippen molar-refractivity contribution in [3.8, 4) is 5.75 Å². The van der Waals surface area contributed by atoms with E-state index in [0.717, 1.165) is 5.69 Å². The highest BCUT2D eigenvalue weighted by atomic mass is 16.5. The van der Waals surface area contributed by atoms with Crippen molar-refractivity contribution in [1.29, 1.82) is 0 Å². The van der Waals surface area contributed by atoms with Crippen LogP contribution < -0.4 is 10.1 Å². The fourth-order valence-corrected chi connectivity index (χ4v) is 3.07. The van der Waals surface area contributed by atoms with Gasteiger partial charge in [0.1, 0.15) is 11.6 Å². The van der Waals surface area contributed by atoms with Gasteiger partial charge in [0.25, 0.3) is 5.91 Å². The zero-order chi connectivity index (χ0) is 17.8. The van der Waals surface area contributed by atoms with E-state index in [4.69, 9.17) is 9.47 Å². The maximum Gasteiger partial charge on any atom is 0.257 e. The second-order valence-corrected chi connectivity index (χ2v) is 6.19. The normalized spacial score (nSPS) is 20.2. The van der Waals surface area contributed by atoms with Gasteiger partial charge in [-0.05, 0) is 38.1 Å². The van der Waals surface area contributed by atoms with Crippen molar-refractivity contribution in [2.24, 2.45) is 0 Å². The number of carbonyl (C=O) groups is 1. The van der Waals surface area contributed by atoms with Gasteiger partial charge >= 0.3 is 0 Å². The second-order valence-electron chi connectivity index (χ2n) is 6.19.